The first kappa shape index (κ1) is 25.2. The van der Waals surface area contributed by atoms with Crippen LogP contribution >= 0.6 is 0 Å². The van der Waals surface area contributed by atoms with E-state index < -0.39 is 5.60 Å². The molecule has 0 atom stereocenters. The van der Waals surface area contributed by atoms with Crippen molar-refractivity contribution in [2.75, 3.05) is 20.8 Å². The van der Waals surface area contributed by atoms with Gasteiger partial charge in [0.1, 0.15) is 29.5 Å². The zero-order valence-corrected chi connectivity index (χ0v) is 21.1. The number of methoxy groups -OCH3 is 2. The van der Waals surface area contributed by atoms with Crippen molar-refractivity contribution in [3.8, 4) is 11.5 Å². The van der Waals surface area contributed by atoms with Crippen molar-refractivity contribution in [3.05, 3.63) is 118 Å². The lowest BCUT2D eigenvalue weighted by atomic mass is 9.80. The Hall–Kier alpha value is -4.47. The molecule has 0 amide bonds. The van der Waals surface area contributed by atoms with Crippen molar-refractivity contribution in [1.82, 2.24) is 19.5 Å². The topological polar surface area (TPSA) is 111 Å². The average molecular weight is 513 g/mol. The molecule has 0 radical (unpaired) electrons. The summed E-state index contributed by atoms with van der Waals surface area (Å²) >= 11 is 0. The summed E-state index contributed by atoms with van der Waals surface area (Å²) in [5.74, 6) is 1.92. The molecule has 0 aliphatic carbocycles. The maximum atomic E-state index is 12.4. The molecule has 0 bridgehead atoms. The Morgan fingerprint density at radius 3 is 2.00 bits per heavy atom. The fourth-order valence-corrected chi connectivity index (χ4v) is 4.69. The summed E-state index contributed by atoms with van der Waals surface area (Å²) in [5, 5.41) is 9.73. The van der Waals surface area contributed by atoms with Crippen molar-refractivity contribution >= 4 is 11.2 Å². The van der Waals surface area contributed by atoms with E-state index in [1.54, 1.807) is 18.8 Å². The second kappa shape index (κ2) is 10.9. The average Bonchev–Trinajstić information content (AvgIpc) is 3.33. The van der Waals surface area contributed by atoms with E-state index in [0.717, 1.165) is 28.2 Å². The summed E-state index contributed by atoms with van der Waals surface area (Å²) in [5.41, 5.74) is 1.82. The van der Waals surface area contributed by atoms with Crippen molar-refractivity contribution in [3.63, 3.8) is 0 Å². The maximum absolute atomic E-state index is 12.4. The third-order valence-corrected chi connectivity index (χ3v) is 6.53. The molecule has 5 rings (SSSR count). The highest BCUT2D eigenvalue weighted by atomic mass is 16.5. The van der Waals surface area contributed by atoms with Gasteiger partial charge >= 0.3 is 0 Å². The van der Waals surface area contributed by atoms with Crippen LogP contribution in [0.3, 0.4) is 0 Å². The fourth-order valence-electron chi connectivity index (χ4n) is 4.69. The van der Waals surface area contributed by atoms with Gasteiger partial charge in [-0.25, -0.2) is 9.97 Å². The Morgan fingerprint density at radius 1 is 0.868 bits per heavy atom. The standard InChI is InChI=1S/C29H28N4O5/c1-36-23-12-8-21(9-13-23)29(20-6-4-3-5-7-20,22-10-14-24(37-2)15-11-22)38-18-25-32-26-27(33(25)16-17-34)30-19-31-28(26)35/h3-15,19,34H,16-18H2,1-2H3,(H,30,31,35). The van der Waals surface area contributed by atoms with Crippen LogP contribution < -0.4 is 15.0 Å². The summed E-state index contributed by atoms with van der Waals surface area (Å²) in [6, 6.07) is 25.4. The Kier molecular flexibility index (Phi) is 7.21. The van der Waals surface area contributed by atoms with Gasteiger partial charge in [0.05, 0.1) is 27.2 Å². The van der Waals surface area contributed by atoms with Crippen molar-refractivity contribution in [1.29, 1.82) is 0 Å². The highest BCUT2D eigenvalue weighted by Crippen LogP contribution is 2.42. The normalized spacial score (nSPS) is 11.6. The van der Waals surface area contributed by atoms with Gasteiger partial charge in [0, 0.05) is 6.54 Å². The first-order chi connectivity index (χ1) is 18.6. The van der Waals surface area contributed by atoms with Gasteiger partial charge in [-0.15, -0.1) is 0 Å². The van der Waals surface area contributed by atoms with Crippen molar-refractivity contribution < 1.29 is 19.3 Å². The van der Waals surface area contributed by atoms with Crippen molar-refractivity contribution in [2.45, 2.75) is 18.8 Å². The van der Waals surface area contributed by atoms with E-state index in [1.807, 2.05) is 78.9 Å². The maximum Gasteiger partial charge on any atom is 0.278 e. The number of aromatic amines is 1. The zero-order valence-electron chi connectivity index (χ0n) is 21.1. The Morgan fingerprint density at radius 2 is 1.45 bits per heavy atom. The summed E-state index contributed by atoms with van der Waals surface area (Å²) in [4.78, 5) is 23.8. The summed E-state index contributed by atoms with van der Waals surface area (Å²) < 4.78 is 19.4. The van der Waals surface area contributed by atoms with E-state index in [9.17, 15) is 9.90 Å². The number of imidazole rings is 1. The molecule has 5 aromatic rings. The molecule has 9 nitrogen and oxygen atoms in total. The number of fused-ring (bicyclic) bond motifs is 1. The first-order valence-corrected chi connectivity index (χ1v) is 12.1. The monoisotopic (exact) mass is 512 g/mol. The quantitative estimate of drug-likeness (QED) is 0.275. The number of aliphatic hydroxyl groups is 1. The molecule has 38 heavy (non-hydrogen) atoms. The van der Waals surface area contributed by atoms with E-state index in [2.05, 4.69) is 15.0 Å². The van der Waals surface area contributed by atoms with E-state index in [4.69, 9.17) is 14.2 Å². The summed E-state index contributed by atoms with van der Waals surface area (Å²) in [6.07, 6.45) is 1.33. The minimum absolute atomic E-state index is 0.0305. The third-order valence-electron chi connectivity index (χ3n) is 6.53. The molecule has 0 aliphatic rings. The van der Waals surface area contributed by atoms with E-state index in [0.29, 0.717) is 11.5 Å². The molecule has 2 N–H and O–H groups in total. The zero-order chi connectivity index (χ0) is 26.5. The number of ether oxygens (including phenoxy) is 3. The second-order valence-electron chi connectivity index (χ2n) is 8.60. The molecule has 0 aliphatic heterocycles. The molecule has 0 fully saturated rings. The molecular formula is C29H28N4O5. The molecule has 0 saturated carbocycles. The highest BCUT2D eigenvalue weighted by Gasteiger charge is 2.38. The lowest BCUT2D eigenvalue weighted by molar-refractivity contribution is -0.00458. The van der Waals surface area contributed by atoms with Gasteiger partial charge in [-0.3, -0.25) is 4.79 Å². The van der Waals surface area contributed by atoms with E-state index in [1.165, 1.54) is 6.33 Å². The molecule has 2 heterocycles. The van der Waals surface area contributed by atoms with Crippen LogP contribution in [0, 0.1) is 0 Å². The minimum atomic E-state index is -1.05. The Labute approximate surface area is 219 Å². The number of rotatable bonds is 10. The number of aromatic nitrogens is 4. The Balaban J connectivity index is 1.69. The molecule has 9 heteroatoms. The van der Waals surface area contributed by atoms with Crippen LogP contribution in [0.5, 0.6) is 11.5 Å². The SMILES string of the molecule is COc1ccc(C(OCc2nc3c(=O)[nH]cnc3n2CCO)(c2ccccc2)c2ccc(OC)cc2)cc1. The van der Waals surface area contributed by atoms with Gasteiger partial charge in [-0.2, -0.15) is 0 Å². The molecule has 0 saturated heterocycles. The number of H-pyrrole nitrogens is 1. The van der Waals surface area contributed by atoms with E-state index in [-0.39, 0.29) is 30.8 Å². The number of hydrogen-bond donors (Lipinski definition) is 2. The highest BCUT2D eigenvalue weighted by molar-refractivity contribution is 5.69. The largest absolute Gasteiger partial charge is 0.497 e. The molecule has 194 valence electrons. The lowest BCUT2D eigenvalue weighted by Gasteiger charge is -2.36. The molecule has 3 aromatic carbocycles. The number of nitrogens with one attached hydrogen (secondary N) is 1. The lowest BCUT2D eigenvalue weighted by Crippen LogP contribution is -2.33. The number of nitrogens with zero attached hydrogens (tertiary/aromatic N) is 3. The first-order valence-electron chi connectivity index (χ1n) is 12.1. The van der Waals surface area contributed by atoms with Crippen LogP contribution in [0.15, 0.2) is 90.0 Å². The predicted molar refractivity (Wildman–Crippen MR) is 142 cm³/mol. The fraction of sp³-hybridized carbons (Fsp3) is 0.207. The minimum Gasteiger partial charge on any atom is -0.497 e. The number of aliphatic hydroxyl groups excluding tert-OH is 1. The van der Waals surface area contributed by atoms with Gasteiger partial charge in [-0.05, 0) is 41.0 Å². The van der Waals surface area contributed by atoms with Gasteiger partial charge in [-0.1, -0.05) is 54.6 Å². The van der Waals surface area contributed by atoms with Crippen LogP contribution in [-0.2, 0) is 23.5 Å². The smallest absolute Gasteiger partial charge is 0.278 e. The van der Waals surface area contributed by atoms with E-state index >= 15 is 0 Å². The Bertz CT molecular complexity index is 1510. The molecular weight excluding hydrogens is 484 g/mol. The van der Waals surface area contributed by atoms with Gasteiger partial charge in [0.2, 0.25) is 0 Å². The summed E-state index contributed by atoms with van der Waals surface area (Å²) in [7, 11) is 3.25. The predicted octanol–water partition coefficient (Wildman–Crippen LogP) is 3.64. The van der Waals surface area contributed by atoms with Crippen LogP contribution in [0.2, 0.25) is 0 Å². The number of benzene rings is 3. The molecule has 2 aromatic heterocycles. The van der Waals surface area contributed by atoms with Crippen LogP contribution in [0.25, 0.3) is 11.2 Å². The summed E-state index contributed by atoms with van der Waals surface area (Å²) in [6.45, 7) is 0.103. The van der Waals surface area contributed by atoms with Gasteiger partial charge in [0.15, 0.2) is 11.2 Å². The molecule has 0 unspecified atom stereocenters. The third kappa shape index (κ3) is 4.53. The molecule has 0 spiro atoms. The van der Waals surface area contributed by atoms with Gasteiger partial charge in [0.25, 0.3) is 5.56 Å². The van der Waals surface area contributed by atoms with Crippen molar-refractivity contribution in [2.24, 2.45) is 0 Å². The van der Waals surface area contributed by atoms with Crippen LogP contribution in [0.1, 0.15) is 22.5 Å². The van der Waals surface area contributed by atoms with Gasteiger partial charge < -0.3 is 28.9 Å². The van der Waals surface area contributed by atoms with Crippen LogP contribution in [0.4, 0.5) is 0 Å². The second-order valence-corrected chi connectivity index (χ2v) is 8.60. The van der Waals surface area contributed by atoms with Crippen LogP contribution in [-0.4, -0.2) is 45.5 Å². The number of hydrogen-bond acceptors (Lipinski definition) is 7.